The minimum Gasteiger partial charge on any atom is -0.497 e. The zero-order valence-corrected chi connectivity index (χ0v) is 15.9. The SMILES string of the molecule is COc1ccc(N2CCN(c3ccc(NC(=O)CCC(=O)O)cc3)CC2)cc1. The molecule has 7 heteroatoms. The second kappa shape index (κ2) is 9.12. The van der Waals surface area contributed by atoms with Gasteiger partial charge in [-0.2, -0.15) is 0 Å². The molecule has 2 aromatic rings. The molecule has 3 rings (SSSR count). The average molecular weight is 383 g/mol. The quantitative estimate of drug-likeness (QED) is 0.765. The molecule has 1 fully saturated rings. The van der Waals surface area contributed by atoms with E-state index in [0.717, 1.165) is 37.6 Å². The summed E-state index contributed by atoms with van der Waals surface area (Å²) in [6.45, 7) is 3.69. The second-order valence-electron chi connectivity index (χ2n) is 6.66. The fraction of sp³-hybridized carbons (Fsp3) is 0.333. The van der Waals surface area contributed by atoms with E-state index in [-0.39, 0.29) is 18.7 Å². The number of nitrogens with one attached hydrogen (secondary N) is 1. The molecule has 148 valence electrons. The molecule has 0 atom stereocenters. The Morgan fingerprint density at radius 2 is 1.39 bits per heavy atom. The molecule has 28 heavy (non-hydrogen) atoms. The minimum absolute atomic E-state index is 0.0234. The van der Waals surface area contributed by atoms with Crippen molar-refractivity contribution < 1.29 is 19.4 Å². The third-order valence-electron chi connectivity index (χ3n) is 4.80. The Kier molecular flexibility index (Phi) is 6.37. The first kappa shape index (κ1) is 19.5. The lowest BCUT2D eigenvalue weighted by atomic mass is 10.2. The van der Waals surface area contributed by atoms with Crippen LogP contribution in [0.4, 0.5) is 17.1 Å². The van der Waals surface area contributed by atoms with Crippen LogP contribution in [-0.2, 0) is 9.59 Å². The summed E-state index contributed by atoms with van der Waals surface area (Å²) in [7, 11) is 1.67. The average Bonchev–Trinajstić information content (AvgIpc) is 2.73. The molecule has 0 aliphatic carbocycles. The summed E-state index contributed by atoms with van der Waals surface area (Å²) >= 11 is 0. The molecule has 0 unspecified atom stereocenters. The topological polar surface area (TPSA) is 82.1 Å². The Morgan fingerprint density at radius 1 is 0.893 bits per heavy atom. The van der Waals surface area contributed by atoms with Crippen LogP contribution in [0, 0.1) is 0 Å². The van der Waals surface area contributed by atoms with Gasteiger partial charge in [-0.15, -0.1) is 0 Å². The smallest absolute Gasteiger partial charge is 0.303 e. The summed E-state index contributed by atoms with van der Waals surface area (Å²) in [6, 6.07) is 15.8. The molecule has 1 aliphatic heterocycles. The van der Waals surface area contributed by atoms with Crippen molar-refractivity contribution in [1.29, 1.82) is 0 Å². The number of hydrogen-bond acceptors (Lipinski definition) is 5. The summed E-state index contributed by atoms with van der Waals surface area (Å²) in [4.78, 5) is 26.9. The van der Waals surface area contributed by atoms with Crippen LogP contribution in [-0.4, -0.2) is 50.3 Å². The van der Waals surface area contributed by atoms with Crippen molar-refractivity contribution in [3.8, 4) is 5.75 Å². The van der Waals surface area contributed by atoms with Gasteiger partial charge in [0.25, 0.3) is 0 Å². The van der Waals surface area contributed by atoms with E-state index in [1.165, 1.54) is 5.69 Å². The number of piperazine rings is 1. The normalized spacial score (nSPS) is 13.9. The van der Waals surface area contributed by atoms with Gasteiger partial charge >= 0.3 is 5.97 Å². The fourth-order valence-corrected chi connectivity index (χ4v) is 3.22. The monoisotopic (exact) mass is 383 g/mol. The first-order valence-electron chi connectivity index (χ1n) is 9.31. The lowest BCUT2D eigenvalue weighted by Gasteiger charge is -2.37. The third kappa shape index (κ3) is 5.16. The number of hydrogen-bond donors (Lipinski definition) is 2. The van der Waals surface area contributed by atoms with Crippen LogP contribution < -0.4 is 19.9 Å². The van der Waals surface area contributed by atoms with Crippen LogP contribution >= 0.6 is 0 Å². The number of methoxy groups -OCH3 is 1. The lowest BCUT2D eigenvalue weighted by Crippen LogP contribution is -2.46. The van der Waals surface area contributed by atoms with E-state index in [0.29, 0.717) is 5.69 Å². The Morgan fingerprint density at radius 3 is 1.86 bits per heavy atom. The molecule has 1 saturated heterocycles. The molecule has 0 spiro atoms. The van der Waals surface area contributed by atoms with Crippen molar-refractivity contribution in [1.82, 2.24) is 0 Å². The number of carboxylic acid groups (broad SMARTS) is 1. The summed E-state index contributed by atoms with van der Waals surface area (Å²) in [5, 5.41) is 11.4. The molecule has 0 aromatic heterocycles. The molecule has 0 bridgehead atoms. The fourth-order valence-electron chi connectivity index (χ4n) is 3.22. The Hall–Kier alpha value is -3.22. The van der Waals surface area contributed by atoms with Gasteiger partial charge in [-0.1, -0.05) is 0 Å². The number of benzene rings is 2. The van der Waals surface area contributed by atoms with E-state index in [4.69, 9.17) is 9.84 Å². The predicted molar refractivity (Wildman–Crippen MR) is 109 cm³/mol. The molecule has 0 radical (unpaired) electrons. The Labute approximate surface area is 164 Å². The number of carbonyl (C=O) groups excluding carboxylic acids is 1. The molecular formula is C21H25N3O4. The van der Waals surface area contributed by atoms with Crippen molar-refractivity contribution >= 4 is 28.9 Å². The number of anilines is 3. The number of carboxylic acids is 1. The standard InChI is InChI=1S/C21H25N3O4/c1-28-19-8-6-18(7-9-19)24-14-12-23(13-15-24)17-4-2-16(3-5-17)22-20(25)10-11-21(26)27/h2-9H,10-15H2,1H3,(H,22,25)(H,26,27). The summed E-state index contributed by atoms with van der Waals surface area (Å²) in [5.41, 5.74) is 2.98. The zero-order chi connectivity index (χ0) is 19.9. The van der Waals surface area contributed by atoms with Gasteiger partial charge in [-0.3, -0.25) is 9.59 Å². The number of carbonyl (C=O) groups is 2. The van der Waals surface area contributed by atoms with Crippen LogP contribution in [0.2, 0.25) is 0 Å². The molecule has 1 aliphatic rings. The number of aliphatic carboxylic acids is 1. The van der Waals surface area contributed by atoms with Gasteiger partial charge in [0.05, 0.1) is 13.5 Å². The van der Waals surface area contributed by atoms with Crippen LogP contribution in [0.15, 0.2) is 48.5 Å². The van der Waals surface area contributed by atoms with Crippen molar-refractivity contribution in [3.05, 3.63) is 48.5 Å². The van der Waals surface area contributed by atoms with Crippen molar-refractivity contribution in [2.75, 3.05) is 48.4 Å². The molecule has 7 nitrogen and oxygen atoms in total. The number of nitrogens with zero attached hydrogens (tertiary/aromatic N) is 2. The largest absolute Gasteiger partial charge is 0.497 e. The highest BCUT2D eigenvalue weighted by Crippen LogP contribution is 2.23. The van der Waals surface area contributed by atoms with Gasteiger partial charge in [-0.25, -0.2) is 0 Å². The lowest BCUT2D eigenvalue weighted by molar-refractivity contribution is -0.138. The summed E-state index contributed by atoms with van der Waals surface area (Å²) in [5.74, 6) is -0.403. The van der Waals surface area contributed by atoms with Gasteiger partial charge in [0.2, 0.25) is 5.91 Å². The van der Waals surface area contributed by atoms with E-state index in [9.17, 15) is 9.59 Å². The zero-order valence-electron chi connectivity index (χ0n) is 15.9. The van der Waals surface area contributed by atoms with Gasteiger partial charge < -0.3 is 25.0 Å². The van der Waals surface area contributed by atoms with E-state index in [2.05, 4.69) is 27.2 Å². The first-order valence-corrected chi connectivity index (χ1v) is 9.31. The molecule has 1 amide bonds. The van der Waals surface area contributed by atoms with E-state index < -0.39 is 5.97 Å². The number of rotatable bonds is 7. The molecule has 0 saturated carbocycles. The molecular weight excluding hydrogens is 358 g/mol. The van der Waals surface area contributed by atoms with E-state index >= 15 is 0 Å². The maximum absolute atomic E-state index is 11.7. The van der Waals surface area contributed by atoms with Crippen LogP contribution in [0.5, 0.6) is 5.75 Å². The third-order valence-corrected chi connectivity index (χ3v) is 4.80. The first-order chi connectivity index (χ1) is 13.5. The number of amides is 1. The highest BCUT2D eigenvalue weighted by molar-refractivity contribution is 5.92. The van der Waals surface area contributed by atoms with Crippen molar-refractivity contribution in [3.63, 3.8) is 0 Å². The highest BCUT2D eigenvalue weighted by atomic mass is 16.5. The van der Waals surface area contributed by atoms with Gasteiger partial charge in [-0.05, 0) is 48.5 Å². The van der Waals surface area contributed by atoms with Crippen molar-refractivity contribution in [2.45, 2.75) is 12.8 Å². The van der Waals surface area contributed by atoms with E-state index in [1.54, 1.807) is 7.11 Å². The summed E-state index contributed by atoms with van der Waals surface area (Å²) in [6.07, 6.45) is -0.188. The van der Waals surface area contributed by atoms with Crippen LogP contribution in [0.25, 0.3) is 0 Å². The highest BCUT2D eigenvalue weighted by Gasteiger charge is 2.17. The Bertz CT molecular complexity index is 797. The van der Waals surface area contributed by atoms with Gasteiger partial charge in [0.15, 0.2) is 0 Å². The van der Waals surface area contributed by atoms with Crippen LogP contribution in [0.1, 0.15) is 12.8 Å². The molecule has 2 N–H and O–H groups in total. The number of ether oxygens (including phenoxy) is 1. The maximum Gasteiger partial charge on any atom is 0.303 e. The Balaban J connectivity index is 1.51. The minimum atomic E-state index is -0.973. The molecule has 1 heterocycles. The van der Waals surface area contributed by atoms with Crippen molar-refractivity contribution in [2.24, 2.45) is 0 Å². The van der Waals surface area contributed by atoms with Crippen LogP contribution in [0.3, 0.4) is 0 Å². The van der Waals surface area contributed by atoms with Gasteiger partial charge in [0, 0.05) is 49.7 Å². The van der Waals surface area contributed by atoms with E-state index in [1.807, 2.05) is 36.4 Å². The predicted octanol–water partition coefficient (Wildman–Crippen LogP) is 2.83. The summed E-state index contributed by atoms with van der Waals surface area (Å²) < 4.78 is 5.21. The molecule has 2 aromatic carbocycles. The van der Waals surface area contributed by atoms with Gasteiger partial charge in [0.1, 0.15) is 5.75 Å². The maximum atomic E-state index is 11.7. The second-order valence-corrected chi connectivity index (χ2v) is 6.66.